The lowest BCUT2D eigenvalue weighted by atomic mass is 10.0. The van der Waals surface area contributed by atoms with Crippen LogP contribution in [0, 0.1) is 0 Å². The fourth-order valence-corrected chi connectivity index (χ4v) is 5.00. The molecule has 0 aliphatic heterocycles. The van der Waals surface area contributed by atoms with Crippen molar-refractivity contribution in [1.29, 1.82) is 0 Å². The number of ether oxygens (including phenoxy) is 1. The van der Waals surface area contributed by atoms with Crippen LogP contribution < -0.4 is 5.32 Å². The first-order chi connectivity index (χ1) is 13.5. The molecule has 0 aliphatic rings. The number of aromatic nitrogens is 3. The third-order valence-corrected chi connectivity index (χ3v) is 6.47. The minimum atomic E-state index is -0.473. The lowest BCUT2D eigenvalue weighted by Gasteiger charge is -2.09. The number of hydrogen-bond acceptors (Lipinski definition) is 7. The molecule has 28 heavy (non-hydrogen) atoms. The van der Waals surface area contributed by atoms with Crippen molar-refractivity contribution in [2.45, 2.75) is 12.1 Å². The normalized spacial score (nSPS) is 10.7. The summed E-state index contributed by atoms with van der Waals surface area (Å²) in [5.41, 5.74) is 1.92. The number of nitrogens with one attached hydrogen (secondary N) is 1. The molecule has 0 unspecified atom stereocenters. The Morgan fingerprint density at radius 3 is 2.71 bits per heavy atom. The first-order valence-electron chi connectivity index (χ1n) is 8.32. The zero-order valence-electron chi connectivity index (χ0n) is 15.1. The smallest absolute Gasteiger partial charge is 0.341 e. The second kappa shape index (κ2) is 9.35. The second-order valence-electron chi connectivity index (χ2n) is 5.60. The summed E-state index contributed by atoms with van der Waals surface area (Å²) in [6.45, 7) is 1.99. The van der Waals surface area contributed by atoms with Gasteiger partial charge in [0.1, 0.15) is 16.9 Å². The Morgan fingerprint density at radius 1 is 1.32 bits per heavy atom. The second-order valence-corrected chi connectivity index (χ2v) is 8.88. The van der Waals surface area contributed by atoms with E-state index in [9.17, 15) is 9.59 Å². The Labute approximate surface area is 178 Å². The van der Waals surface area contributed by atoms with Crippen LogP contribution in [0.15, 0.2) is 45.6 Å². The van der Waals surface area contributed by atoms with Gasteiger partial charge in [-0.05, 0) is 28.4 Å². The van der Waals surface area contributed by atoms with Crippen LogP contribution in [0.2, 0.25) is 0 Å². The van der Waals surface area contributed by atoms with E-state index in [2.05, 4.69) is 31.4 Å². The molecule has 0 bridgehead atoms. The van der Waals surface area contributed by atoms with E-state index in [1.165, 1.54) is 23.1 Å². The van der Waals surface area contributed by atoms with Gasteiger partial charge in [0.2, 0.25) is 5.91 Å². The zero-order valence-corrected chi connectivity index (χ0v) is 18.4. The summed E-state index contributed by atoms with van der Waals surface area (Å²) in [6.07, 6.45) is 1.57. The molecule has 3 rings (SSSR count). The van der Waals surface area contributed by atoms with Gasteiger partial charge in [-0.3, -0.25) is 4.79 Å². The van der Waals surface area contributed by atoms with Crippen molar-refractivity contribution in [3.8, 4) is 11.1 Å². The van der Waals surface area contributed by atoms with Crippen LogP contribution in [0.5, 0.6) is 0 Å². The SMILES string of the molecule is CCOC(=O)c1c(NC(=O)CSc2nncn2C)sc(Br)c1-c1ccccc1. The summed E-state index contributed by atoms with van der Waals surface area (Å²) in [5, 5.41) is 11.6. The number of thioether (sulfide) groups is 1. The predicted molar refractivity (Wildman–Crippen MR) is 114 cm³/mol. The highest BCUT2D eigenvalue weighted by molar-refractivity contribution is 9.11. The fraction of sp³-hybridized carbons (Fsp3) is 0.222. The number of anilines is 1. The van der Waals surface area contributed by atoms with Gasteiger partial charge in [0.15, 0.2) is 5.16 Å². The molecule has 1 N–H and O–H groups in total. The van der Waals surface area contributed by atoms with Crippen LogP contribution in [0.3, 0.4) is 0 Å². The highest BCUT2D eigenvalue weighted by atomic mass is 79.9. The van der Waals surface area contributed by atoms with Crippen molar-refractivity contribution in [2.24, 2.45) is 7.05 Å². The molecule has 0 atom stereocenters. The average molecular weight is 481 g/mol. The maximum absolute atomic E-state index is 12.6. The lowest BCUT2D eigenvalue weighted by Crippen LogP contribution is -2.16. The summed E-state index contributed by atoms with van der Waals surface area (Å²) in [7, 11) is 1.81. The molecular weight excluding hydrogens is 464 g/mol. The van der Waals surface area contributed by atoms with Crippen LogP contribution in [-0.2, 0) is 16.6 Å². The summed E-state index contributed by atoms with van der Waals surface area (Å²) in [4.78, 5) is 25.1. The fourth-order valence-electron chi connectivity index (χ4n) is 2.45. The van der Waals surface area contributed by atoms with E-state index in [0.717, 1.165) is 9.35 Å². The molecule has 1 amide bonds. The van der Waals surface area contributed by atoms with Gasteiger partial charge in [-0.15, -0.1) is 21.5 Å². The van der Waals surface area contributed by atoms with Crippen molar-refractivity contribution < 1.29 is 14.3 Å². The molecule has 7 nitrogen and oxygen atoms in total. The van der Waals surface area contributed by atoms with Crippen molar-refractivity contribution in [1.82, 2.24) is 14.8 Å². The number of carbonyl (C=O) groups is 2. The minimum absolute atomic E-state index is 0.144. The molecule has 0 fully saturated rings. The van der Waals surface area contributed by atoms with Gasteiger partial charge in [0, 0.05) is 12.6 Å². The summed E-state index contributed by atoms with van der Waals surface area (Å²) < 4.78 is 7.71. The van der Waals surface area contributed by atoms with Crippen LogP contribution in [0.25, 0.3) is 11.1 Å². The van der Waals surface area contributed by atoms with Crippen LogP contribution in [-0.4, -0.2) is 39.0 Å². The molecule has 0 saturated carbocycles. The minimum Gasteiger partial charge on any atom is -0.462 e. The molecule has 10 heteroatoms. The zero-order chi connectivity index (χ0) is 20.1. The Balaban J connectivity index is 1.86. The van der Waals surface area contributed by atoms with Crippen molar-refractivity contribution in [3.63, 3.8) is 0 Å². The maximum Gasteiger partial charge on any atom is 0.341 e. The molecule has 0 aliphatic carbocycles. The Morgan fingerprint density at radius 2 is 2.07 bits per heavy atom. The van der Waals surface area contributed by atoms with E-state index in [4.69, 9.17) is 4.74 Å². The van der Waals surface area contributed by atoms with Crippen LogP contribution in [0.1, 0.15) is 17.3 Å². The number of benzene rings is 1. The highest BCUT2D eigenvalue weighted by Crippen LogP contribution is 2.44. The molecule has 2 heterocycles. The van der Waals surface area contributed by atoms with Gasteiger partial charge >= 0.3 is 5.97 Å². The molecule has 0 spiro atoms. The first-order valence-corrected chi connectivity index (χ1v) is 10.9. The molecular formula is C18H17BrN4O3S2. The maximum atomic E-state index is 12.6. The topological polar surface area (TPSA) is 86.1 Å². The van der Waals surface area contributed by atoms with E-state index < -0.39 is 5.97 Å². The standard InChI is InChI=1S/C18H17BrN4O3S2/c1-3-26-17(25)14-13(11-7-5-4-6-8-11)15(19)28-16(14)21-12(24)9-27-18-22-20-10-23(18)2/h4-8,10H,3,9H2,1-2H3,(H,21,24). The molecule has 3 aromatic rings. The van der Waals surface area contributed by atoms with E-state index >= 15 is 0 Å². The number of nitrogens with zero attached hydrogens (tertiary/aromatic N) is 3. The van der Waals surface area contributed by atoms with Crippen molar-refractivity contribution in [3.05, 3.63) is 46.0 Å². The Bertz CT molecular complexity index is 988. The number of halogens is 1. The predicted octanol–water partition coefficient (Wildman–Crippen LogP) is 4.21. The largest absolute Gasteiger partial charge is 0.462 e. The molecule has 0 saturated heterocycles. The van der Waals surface area contributed by atoms with E-state index in [1.807, 2.05) is 37.4 Å². The number of esters is 1. The van der Waals surface area contributed by atoms with Gasteiger partial charge in [0.05, 0.1) is 16.1 Å². The van der Waals surface area contributed by atoms with Crippen molar-refractivity contribution >= 4 is 55.9 Å². The van der Waals surface area contributed by atoms with E-state index in [0.29, 0.717) is 21.3 Å². The van der Waals surface area contributed by atoms with Crippen molar-refractivity contribution in [2.75, 3.05) is 17.7 Å². The Hall–Kier alpha value is -2.17. The van der Waals surface area contributed by atoms with Crippen LogP contribution >= 0.6 is 39.0 Å². The third kappa shape index (κ3) is 4.62. The Kier molecular flexibility index (Phi) is 6.87. The molecule has 146 valence electrons. The number of hydrogen-bond donors (Lipinski definition) is 1. The number of amides is 1. The molecule has 0 radical (unpaired) electrons. The quantitative estimate of drug-likeness (QED) is 0.402. The van der Waals surface area contributed by atoms with Gasteiger partial charge in [0.25, 0.3) is 0 Å². The van der Waals surface area contributed by atoms with Crippen LogP contribution in [0.4, 0.5) is 5.00 Å². The first kappa shape index (κ1) is 20.6. The summed E-state index contributed by atoms with van der Waals surface area (Å²) in [5.74, 6) is -0.572. The number of rotatable bonds is 7. The highest BCUT2D eigenvalue weighted by Gasteiger charge is 2.26. The monoisotopic (exact) mass is 480 g/mol. The third-order valence-electron chi connectivity index (χ3n) is 3.66. The summed E-state index contributed by atoms with van der Waals surface area (Å²) >= 11 is 6.08. The van der Waals surface area contributed by atoms with Gasteiger partial charge < -0.3 is 14.6 Å². The molecule has 1 aromatic carbocycles. The lowest BCUT2D eigenvalue weighted by molar-refractivity contribution is -0.113. The van der Waals surface area contributed by atoms with Gasteiger partial charge in [-0.2, -0.15) is 0 Å². The number of thiophene rings is 1. The van der Waals surface area contributed by atoms with Gasteiger partial charge in [-0.1, -0.05) is 42.1 Å². The average Bonchev–Trinajstić information content (AvgIpc) is 3.23. The molecule has 2 aromatic heterocycles. The van der Waals surface area contributed by atoms with E-state index in [1.54, 1.807) is 17.8 Å². The van der Waals surface area contributed by atoms with Gasteiger partial charge in [-0.25, -0.2) is 4.79 Å². The summed E-state index contributed by atoms with van der Waals surface area (Å²) in [6, 6.07) is 9.50. The van der Waals surface area contributed by atoms with E-state index in [-0.39, 0.29) is 18.3 Å². The number of aryl methyl sites for hydroxylation is 1. The number of carbonyl (C=O) groups excluding carboxylic acids is 2.